The van der Waals surface area contributed by atoms with Crippen LogP contribution in [-0.2, 0) is 20.8 Å². The Labute approximate surface area is 222 Å². The van der Waals surface area contributed by atoms with Gasteiger partial charge in [0.05, 0.1) is 12.1 Å². The zero-order chi connectivity index (χ0) is 24.4. The van der Waals surface area contributed by atoms with E-state index in [0.717, 1.165) is 28.9 Å². The predicted molar refractivity (Wildman–Crippen MR) is 145 cm³/mol. The molecule has 190 valence electrons. The molecule has 1 aliphatic heterocycles. The van der Waals surface area contributed by atoms with Gasteiger partial charge in [0.15, 0.2) is 0 Å². The summed E-state index contributed by atoms with van der Waals surface area (Å²) in [7, 11) is 1.65. The van der Waals surface area contributed by atoms with Crippen LogP contribution in [0.3, 0.4) is 0 Å². The molecule has 0 unspecified atom stereocenters. The summed E-state index contributed by atoms with van der Waals surface area (Å²) in [4.78, 5) is 40.1. The van der Waals surface area contributed by atoms with Crippen LogP contribution >= 0.6 is 27.0 Å². The molecule has 0 spiro atoms. The number of para-hydroxylation sites is 1. The SMILES string of the molecule is C[C@H](NC(=O)Cc1cc(F)cc(F)c1)C(=O)N[C@@H]1C(=O)N(C)c2ccccc2-c2ccccc21.S.S. The van der Waals surface area contributed by atoms with E-state index >= 15 is 0 Å². The van der Waals surface area contributed by atoms with Gasteiger partial charge in [-0.3, -0.25) is 14.4 Å². The Kier molecular flexibility index (Phi) is 9.66. The van der Waals surface area contributed by atoms with E-state index in [4.69, 9.17) is 0 Å². The molecule has 0 aromatic heterocycles. The van der Waals surface area contributed by atoms with Gasteiger partial charge in [0.1, 0.15) is 23.7 Å². The molecule has 3 amide bonds. The van der Waals surface area contributed by atoms with Crippen LogP contribution < -0.4 is 15.5 Å². The second-order valence-corrected chi connectivity index (χ2v) is 8.19. The number of benzene rings is 3. The van der Waals surface area contributed by atoms with Crippen LogP contribution in [0.25, 0.3) is 11.1 Å². The second kappa shape index (κ2) is 12.0. The molecular weight excluding hydrogens is 504 g/mol. The maximum absolute atomic E-state index is 13.4. The van der Waals surface area contributed by atoms with Crippen molar-refractivity contribution in [3.05, 3.63) is 89.5 Å². The predicted octanol–water partition coefficient (Wildman–Crippen LogP) is 3.74. The third-order valence-corrected chi connectivity index (χ3v) is 5.75. The lowest BCUT2D eigenvalue weighted by molar-refractivity contribution is -0.130. The first-order chi connectivity index (χ1) is 16.2. The summed E-state index contributed by atoms with van der Waals surface area (Å²) in [5.41, 5.74) is 3.21. The molecule has 0 saturated heterocycles. The zero-order valence-electron chi connectivity index (χ0n) is 19.6. The van der Waals surface area contributed by atoms with E-state index < -0.39 is 35.5 Å². The Bertz CT molecular complexity index is 1270. The molecule has 3 aromatic carbocycles. The number of fused-ring (bicyclic) bond motifs is 3. The van der Waals surface area contributed by atoms with Crippen LogP contribution in [0.5, 0.6) is 0 Å². The molecule has 0 fully saturated rings. The maximum Gasteiger partial charge on any atom is 0.253 e. The smallest absolute Gasteiger partial charge is 0.253 e. The van der Waals surface area contributed by atoms with Crippen molar-refractivity contribution in [1.29, 1.82) is 0 Å². The Balaban J connectivity index is 0.00000228. The van der Waals surface area contributed by atoms with Crippen molar-refractivity contribution < 1.29 is 23.2 Å². The average Bonchev–Trinajstić information content (AvgIpc) is 2.88. The van der Waals surface area contributed by atoms with E-state index in [1.54, 1.807) is 19.2 Å². The normalized spacial score (nSPS) is 14.7. The number of hydrogen-bond donors (Lipinski definition) is 2. The summed E-state index contributed by atoms with van der Waals surface area (Å²) in [5.74, 6) is -3.04. The number of hydrogen-bond acceptors (Lipinski definition) is 3. The number of halogens is 2. The van der Waals surface area contributed by atoms with Crippen molar-refractivity contribution in [3.63, 3.8) is 0 Å². The second-order valence-electron chi connectivity index (χ2n) is 8.19. The summed E-state index contributed by atoms with van der Waals surface area (Å²) in [5, 5.41) is 5.27. The lowest BCUT2D eigenvalue weighted by atomic mass is 9.95. The lowest BCUT2D eigenvalue weighted by Gasteiger charge is -2.24. The van der Waals surface area contributed by atoms with Crippen molar-refractivity contribution in [3.8, 4) is 11.1 Å². The molecule has 2 N–H and O–H groups in total. The van der Waals surface area contributed by atoms with Gasteiger partial charge in [-0.25, -0.2) is 8.78 Å². The molecule has 0 radical (unpaired) electrons. The minimum absolute atomic E-state index is 0. The molecule has 1 aliphatic rings. The molecule has 6 nitrogen and oxygen atoms in total. The van der Waals surface area contributed by atoms with E-state index in [0.29, 0.717) is 11.6 Å². The zero-order valence-corrected chi connectivity index (χ0v) is 21.6. The molecule has 3 aromatic rings. The highest BCUT2D eigenvalue weighted by molar-refractivity contribution is 7.59. The Morgan fingerprint density at radius 1 is 0.944 bits per heavy atom. The number of carbonyl (C=O) groups excluding carboxylic acids is 3. The van der Waals surface area contributed by atoms with Crippen LogP contribution in [0, 0.1) is 11.6 Å². The number of likely N-dealkylation sites (N-methyl/N-ethyl adjacent to an activating group) is 1. The highest BCUT2D eigenvalue weighted by Gasteiger charge is 2.34. The van der Waals surface area contributed by atoms with Gasteiger partial charge in [0.2, 0.25) is 11.8 Å². The standard InChI is InChI=1S/C26H23F2N3O3.2H2S/c1-15(29-23(32)13-16-11-17(27)14-18(28)12-16)25(33)30-24-21-9-4-3-7-19(21)20-8-5-6-10-22(20)31(2)26(24)34;;/h3-12,14-15,24H,13H2,1-2H3,(H,29,32)(H,30,33);2*1H2/t15-,24-;;/m0../s1. The number of anilines is 1. The minimum Gasteiger partial charge on any atom is -0.344 e. The third-order valence-electron chi connectivity index (χ3n) is 5.75. The molecular formula is C26H27F2N3O3S2. The summed E-state index contributed by atoms with van der Waals surface area (Å²) in [6, 6.07) is 15.7. The molecule has 0 bridgehead atoms. The monoisotopic (exact) mass is 531 g/mol. The molecule has 4 rings (SSSR count). The maximum atomic E-state index is 13.4. The molecule has 0 saturated carbocycles. The Hall–Kier alpha value is -3.37. The van der Waals surface area contributed by atoms with Crippen molar-refractivity contribution in [2.24, 2.45) is 0 Å². The summed E-state index contributed by atoms with van der Waals surface area (Å²) in [6.45, 7) is 1.48. The first-order valence-electron chi connectivity index (χ1n) is 10.7. The van der Waals surface area contributed by atoms with Crippen LogP contribution in [0.15, 0.2) is 66.7 Å². The highest BCUT2D eigenvalue weighted by atomic mass is 32.1. The Morgan fingerprint density at radius 3 is 2.19 bits per heavy atom. The first-order valence-corrected chi connectivity index (χ1v) is 10.7. The van der Waals surface area contributed by atoms with E-state index in [-0.39, 0.29) is 44.9 Å². The van der Waals surface area contributed by atoms with Crippen LogP contribution in [0.1, 0.15) is 24.1 Å². The average molecular weight is 532 g/mol. The van der Waals surface area contributed by atoms with Gasteiger partial charge in [0.25, 0.3) is 5.91 Å². The van der Waals surface area contributed by atoms with Crippen molar-refractivity contribution >= 4 is 50.4 Å². The lowest BCUT2D eigenvalue weighted by Crippen LogP contribution is -2.49. The van der Waals surface area contributed by atoms with Gasteiger partial charge in [-0.1, -0.05) is 42.5 Å². The Morgan fingerprint density at radius 2 is 1.53 bits per heavy atom. The number of rotatable bonds is 5. The van der Waals surface area contributed by atoms with Crippen LogP contribution in [-0.4, -0.2) is 30.8 Å². The summed E-state index contributed by atoms with van der Waals surface area (Å²) < 4.78 is 26.8. The highest BCUT2D eigenvalue weighted by Crippen LogP contribution is 2.39. The molecule has 36 heavy (non-hydrogen) atoms. The molecule has 2 atom stereocenters. The third kappa shape index (κ3) is 6.06. The van der Waals surface area contributed by atoms with Gasteiger partial charge in [-0.15, -0.1) is 0 Å². The summed E-state index contributed by atoms with van der Waals surface area (Å²) in [6.07, 6.45) is -0.296. The van der Waals surface area contributed by atoms with Gasteiger partial charge in [-0.2, -0.15) is 27.0 Å². The van der Waals surface area contributed by atoms with Gasteiger partial charge < -0.3 is 15.5 Å². The fourth-order valence-electron chi connectivity index (χ4n) is 4.10. The number of carbonyl (C=O) groups is 3. The first kappa shape index (κ1) is 28.9. The van der Waals surface area contributed by atoms with E-state index in [1.807, 2.05) is 36.4 Å². The number of amides is 3. The number of nitrogens with zero attached hydrogens (tertiary/aromatic N) is 1. The van der Waals surface area contributed by atoms with E-state index in [1.165, 1.54) is 11.8 Å². The van der Waals surface area contributed by atoms with Crippen molar-refractivity contribution in [2.45, 2.75) is 25.4 Å². The van der Waals surface area contributed by atoms with Crippen LogP contribution in [0.2, 0.25) is 0 Å². The topological polar surface area (TPSA) is 78.5 Å². The number of nitrogens with one attached hydrogen (secondary N) is 2. The quantitative estimate of drug-likeness (QED) is 0.527. The molecule has 0 aliphatic carbocycles. The van der Waals surface area contributed by atoms with E-state index in [9.17, 15) is 23.2 Å². The fourth-order valence-corrected chi connectivity index (χ4v) is 4.10. The largest absolute Gasteiger partial charge is 0.344 e. The minimum atomic E-state index is -0.984. The molecule has 10 heteroatoms. The van der Waals surface area contributed by atoms with Crippen molar-refractivity contribution in [1.82, 2.24) is 10.6 Å². The fraction of sp³-hybridized carbons (Fsp3) is 0.192. The van der Waals surface area contributed by atoms with Crippen LogP contribution in [0.4, 0.5) is 14.5 Å². The van der Waals surface area contributed by atoms with Gasteiger partial charge in [-0.05, 0) is 41.8 Å². The summed E-state index contributed by atoms with van der Waals surface area (Å²) >= 11 is 0. The van der Waals surface area contributed by atoms with E-state index in [2.05, 4.69) is 10.6 Å². The van der Waals surface area contributed by atoms with Gasteiger partial charge >= 0.3 is 0 Å². The van der Waals surface area contributed by atoms with Gasteiger partial charge in [0, 0.05) is 18.7 Å². The van der Waals surface area contributed by atoms with Crippen molar-refractivity contribution in [2.75, 3.05) is 11.9 Å². The molecule has 1 heterocycles.